The van der Waals surface area contributed by atoms with Crippen molar-refractivity contribution in [3.05, 3.63) is 33.8 Å². The first kappa shape index (κ1) is 11.2. The molecule has 0 aromatic heterocycles. The Morgan fingerprint density at radius 3 is 2.77 bits per heavy atom. The Bertz CT molecular complexity index is 278. The Hall–Kier alpha value is 0.110. The lowest BCUT2D eigenvalue weighted by atomic mass is 10.2. The highest BCUT2D eigenvalue weighted by atomic mass is 35.5. The summed E-state index contributed by atoms with van der Waals surface area (Å²) in [4.78, 5) is 0. The molecule has 0 saturated carbocycles. The maximum absolute atomic E-state index is 8.59. The summed E-state index contributed by atoms with van der Waals surface area (Å²) in [5.74, 6) is 1.52. The molecule has 0 bridgehead atoms. The van der Waals surface area contributed by atoms with Crippen LogP contribution in [0.3, 0.4) is 0 Å². The molecule has 4 heteroatoms. The lowest BCUT2D eigenvalue weighted by Gasteiger charge is -2.03. The number of hydrogen-bond donors (Lipinski definition) is 1. The molecule has 0 aliphatic rings. The zero-order valence-electron chi connectivity index (χ0n) is 6.96. The average Bonchev–Trinajstić information content (AvgIpc) is 2.11. The van der Waals surface area contributed by atoms with Crippen molar-refractivity contribution in [1.29, 1.82) is 0 Å². The van der Waals surface area contributed by atoms with Gasteiger partial charge >= 0.3 is 0 Å². The van der Waals surface area contributed by atoms with Crippen LogP contribution in [0.4, 0.5) is 0 Å². The van der Waals surface area contributed by atoms with Gasteiger partial charge in [0, 0.05) is 21.6 Å². The molecule has 0 fully saturated rings. The van der Waals surface area contributed by atoms with Crippen LogP contribution in [0.5, 0.6) is 0 Å². The summed E-state index contributed by atoms with van der Waals surface area (Å²) in [5.41, 5.74) is 1.02. The predicted octanol–water partition coefficient (Wildman–Crippen LogP) is 3.22. The smallest absolute Gasteiger partial charge is 0.0521 e. The summed E-state index contributed by atoms with van der Waals surface area (Å²) in [6.45, 7) is 0.197. The van der Waals surface area contributed by atoms with E-state index in [4.69, 9.17) is 28.3 Å². The highest BCUT2D eigenvalue weighted by molar-refractivity contribution is 7.98. The van der Waals surface area contributed by atoms with E-state index in [0.717, 1.165) is 22.1 Å². The third kappa shape index (κ3) is 3.77. The largest absolute Gasteiger partial charge is 0.396 e. The maximum Gasteiger partial charge on any atom is 0.0521 e. The van der Waals surface area contributed by atoms with Gasteiger partial charge in [-0.25, -0.2) is 0 Å². The van der Waals surface area contributed by atoms with Crippen LogP contribution in [-0.2, 0) is 5.75 Å². The lowest BCUT2D eigenvalue weighted by Crippen LogP contribution is -1.88. The van der Waals surface area contributed by atoms with Crippen molar-refractivity contribution in [3.63, 3.8) is 0 Å². The molecule has 0 heterocycles. The van der Waals surface area contributed by atoms with E-state index in [0.29, 0.717) is 5.02 Å². The molecule has 0 unspecified atom stereocenters. The van der Waals surface area contributed by atoms with E-state index in [9.17, 15) is 0 Å². The van der Waals surface area contributed by atoms with Gasteiger partial charge in [0.25, 0.3) is 0 Å². The van der Waals surface area contributed by atoms with Gasteiger partial charge in [0.05, 0.1) is 6.61 Å². The van der Waals surface area contributed by atoms with Crippen molar-refractivity contribution < 1.29 is 5.11 Å². The van der Waals surface area contributed by atoms with Crippen LogP contribution in [0.25, 0.3) is 0 Å². The number of aliphatic hydroxyl groups is 1. The first-order valence-electron chi connectivity index (χ1n) is 3.86. The van der Waals surface area contributed by atoms with E-state index < -0.39 is 0 Å². The molecule has 1 rings (SSSR count). The number of benzene rings is 1. The minimum absolute atomic E-state index is 0.197. The summed E-state index contributed by atoms with van der Waals surface area (Å²) in [6.07, 6.45) is 0. The van der Waals surface area contributed by atoms with Crippen LogP contribution in [0.2, 0.25) is 10.0 Å². The minimum Gasteiger partial charge on any atom is -0.396 e. The van der Waals surface area contributed by atoms with Gasteiger partial charge < -0.3 is 5.11 Å². The number of aliphatic hydroxyl groups excluding tert-OH is 1. The Balaban J connectivity index is 2.59. The Morgan fingerprint density at radius 2 is 2.08 bits per heavy atom. The molecule has 0 aliphatic carbocycles. The quantitative estimate of drug-likeness (QED) is 0.811. The first-order chi connectivity index (χ1) is 6.24. The molecule has 0 atom stereocenters. The summed E-state index contributed by atoms with van der Waals surface area (Å²) >= 11 is 13.4. The number of hydrogen-bond acceptors (Lipinski definition) is 2. The van der Waals surface area contributed by atoms with E-state index in [-0.39, 0.29) is 6.61 Å². The monoisotopic (exact) mass is 236 g/mol. The first-order valence-corrected chi connectivity index (χ1v) is 5.77. The Labute approximate surface area is 92.1 Å². The van der Waals surface area contributed by atoms with Gasteiger partial charge in [-0.3, -0.25) is 0 Å². The molecule has 0 radical (unpaired) electrons. The summed E-state index contributed by atoms with van der Waals surface area (Å²) in [5, 5.41) is 10.0. The number of thioether (sulfide) groups is 1. The molecular formula is C9H10Cl2OS. The van der Waals surface area contributed by atoms with Crippen LogP contribution in [-0.4, -0.2) is 17.5 Å². The van der Waals surface area contributed by atoms with Crippen LogP contribution in [0, 0.1) is 0 Å². The molecule has 0 amide bonds. The fourth-order valence-corrected chi connectivity index (χ4v) is 2.09. The van der Waals surface area contributed by atoms with Crippen molar-refractivity contribution >= 4 is 35.0 Å². The molecule has 0 saturated heterocycles. The topological polar surface area (TPSA) is 20.2 Å². The van der Waals surface area contributed by atoms with Crippen LogP contribution in [0.1, 0.15) is 5.56 Å². The minimum atomic E-state index is 0.197. The van der Waals surface area contributed by atoms with Gasteiger partial charge in [0.1, 0.15) is 0 Å². The van der Waals surface area contributed by atoms with E-state index in [1.807, 2.05) is 6.07 Å². The molecule has 1 nitrogen and oxygen atoms in total. The van der Waals surface area contributed by atoms with Crippen molar-refractivity contribution in [2.75, 3.05) is 12.4 Å². The van der Waals surface area contributed by atoms with Gasteiger partial charge in [-0.15, -0.1) is 0 Å². The van der Waals surface area contributed by atoms with Gasteiger partial charge in [-0.2, -0.15) is 11.8 Å². The summed E-state index contributed by atoms with van der Waals surface area (Å²) in [6, 6.07) is 5.41. The molecule has 0 aliphatic heterocycles. The molecule has 13 heavy (non-hydrogen) atoms. The predicted molar refractivity (Wildman–Crippen MR) is 59.7 cm³/mol. The maximum atomic E-state index is 8.59. The number of halogens is 2. The van der Waals surface area contributed by atoms with E-state index >= 15 is 0 Å². The van der Waals surface area contributed by atoms with Crippen LogP contribution >= 0.6 is 35.0 Å². The normalized spacial score (nSPS) is 10.4. The second kappa shape index (κ2) is 5.76. The van der Waals surface area contributed by atoms with Gasteiger partial charge in [-0.1, -0.05) is 23.2 Å². The third-order valence-corrected chi connectivity index (χ3v) is 3.09. The second-order valence-corrected chi connectivity index (χ2v) is 4.46. The Morgan fingerprint density at radius 1 is 1.31 bits per heavy atom. The molecular weight excluding hydrogens is 227 g/mol. The van der Waals surface area contributed by atoms with E-state index in [1.54, 1.807) is 23.9 Å². The third-order valence-electron chi connectivity index (χ3n) is 1.50. The van der Waals surface area contributed by atoms with Crippen LogP contribution < -0.4 is 0 Å². The number of rotatable bonds is 4. The Kier molecular flexibility index (Phi) is 4.96. The van der Waals surface area contributed by atoms with Gasteiger partial charge in [-0.05, 0) is 23.8 Å². The van der Waals surface area contributed by atoms with E-state index in [2.05, 4.69) is 0 Å². The molecule has 0 spiro atoms. The molecule has 72 valence electrons. The van der Waals surface area contributed by atoms with Crippen molar-refractivity contribution in [1.82, 2.24) is 0 Å². The molecule has 1 N–H and O–H groups in total. The highest BCUT2D eigenvalue weighted by Gasteiger charge is 2.00. The SMILES string of the molecule is OCCSCc1cc(Cl)ccc1Cl. The fourth-order valence-electron chi connectivity index (χ4n) is 0.901. The summed E-state index contributed by atoms with van der Waals surface area (Å²) in [7, 11) is 0. The van der Waals surface area contributed by atoms with Crippen molar-refractivity contribution in [2.45, 2.75) is 5.75 Å². The molecule has 1 aromatic rings. The van der Waals surface area contributed by atoms with Gasteiger partial charge in [0.15, 0.2) is 0 Å². The zero-order valence-corrected chi connectivity index (χ0v) is 9.29. The highest BCUT2D eigenvalue weighted by Crippen LogP contribution is 2.24. The van der Waals surface area contributed by atoms with E-state index in [1.165, 1.54) is 0 Å². The molecule has 1 aromatic carbocycles. The van der Waals surface area contributed by atoms with Crippen molar-refractivity contribution in [2.24, 2.45) is 0 Å². The fraction of sp³-hybridized carbons (Fsp3) is 0.333. The van der Waals surface area contributed by atoms with Crippen molar-refractivity contribution in [3.8, 4) is 0 Å². The average molecular weight is 237 g/mol. The standard InChI is InChI=1S/C9H10Cl2OS/c10-8-1-2-9(11)7(5-8)6-13-4-3-12/h1-2,5,12H,3-4,6H2. The zero-order chi connectivity index (χ0) is 9.68. The summed E-state index contributed by atoms with van der Waals surface area (Å²) < 4.78 is 0. The van der Waals surface area contributed by atoms with Crippen LogP contribution in [0.15, 0.2) is 18.2 Å². The van der Waals surface area contributed by atoms with Gasteiger partial charge in [0.2, 0.25) is 0 Å². The lowest BCUT2D eigenvalue weighted by molar-refractivity contribution is 0.322. The second-order valence-electron chi connectivity index (χ2n) is 2.51.